The van der Waals surface area contributed by atoms with Crippen molar-refractivity contribution >= 4 is 11.6 Å². The number of amides is 1. The molecule has 0 radical (unpaired) electrons. The van der Waals surface area contributed by atoms with Crippen molar-refractivity contribution in [3.05, 3.63) is 24.0 Å². The van der Waals surface area contributed by atoms with Crippen molar-refractivity contribution in [1.29, 1.82) is 0 Å². The minimum absolute atomic E-state index is 0.136. The Kier molecular flexibility index (Phi) is 5.30. The van der Waals surface area contributed by atoms with Gasteiger partial charge in [0.1, 0.15) is 0 Å². The number of piperidine rings is 1. The summed E-state index contributed by atoms with van der Waals surface area (Å²) < 4.78 is 0. The molecular formula is C18H27N3O. The lowest BCUT2D eigenvalue weighted by atomic mass is 10.1. The number of carbonyl (C=O) groups is 1. The smallest absolute Gasteiger partial charge is 0.255 e. The molecule has 0 bridgehead atoms. The molecule has 0 aromatic carbocycles. The minimum Gasteiger partial charge on any atom is -0.381 e. The molecule has 1 saturated carbocycles. The third-order valence-electron chi connectivity index (χ3n) is 4.85. The number of pyridine rings is 1. The SMILES string of the molecule is O=C(c1cncc(NC2CCCCCC2)c1)N1CCCCC1. The summed E-state index contributed by atoms with van der Waals surface area (Å²) in [6, 6.07) is 2.51. The van der Waals surface area contributed by atoms with Crippen LogP contribution in [0.2, 0.25) is 0 Å². The van der Waals surface area contributed by atoms with Gasteiger partial charge in [-0.3, -0.25) is 9.78 Å². The van der Waals surface area contributed by atoms with E-state index in [1.165, 1.54) is 44.9 Å². The number of nitrogens with one attached hydrogen (secondary N) is 1. The van der Waals surface area contributed by atoms with Gasteiger partial charge in [0.15, 0.2) is 0 Å². The molecule has 1 aromatic heterocycles. The van der Waals surface area contributed by atoms with Crippen LogP contribution >= 0.6 is 0 Å². The van der Waals surface area contributed by atoms with Crippen LogP contribution < -0.4 is 5.32 Å². The molecule has 1 saturated heterocycles. The van der Waals surface area contributed by atoms with Crippen molar-refractivity contribution in [1.82, 2.24) is 9.88 Å². The number of rotatable bonds is 3. The van der Waals surface area contributed by atoms with Gasteiger partial charge in [0.25, 0.3) is 5.91 Å². The first-order valence-corrected chi connectivity index (χ1v) is 8.84. The Morgan fingerprint density at radius 3 is 2.41 bits per heavy atom. The zero-order valence-electron chi connectivity index (χ0n) is 13.4. The summed E-state index contributed by atoms with van der Waals surface area (Å²) in [7, 11) is 0. The molecule has 2 fully saturated rings. The summed E-state index contributed by atoms with van der Waals surface area (Å²) >= 11 is 0. The molecule has 1 N–H and O–H groups in total. The monoisotopic (exact) mass is 301 g/mol. The van der Waals surface area contributed by atoms with Gasteiger partial charge >= 0.3 is 0 Å². The van der Waals surface area contributed by atoms with E-state index in [-0.39, 0.29) is 5.91 Å². The molecule has 0 unspecified atom stereocenters. The number of nitrogens with zero attached hydrogens (tertiary/aromatic N) is 2. The van der Waals surface area contributed by atoms with E-state index in [2.05, 4.69) is 10.3 Å². The maximum atomic E-state index is 12.6. The van der Waals surface area contributed by atoms with Gasteiger partial charge in [0, 0.05) is 31.5 Å². The first-order chi connectivity index (χ1) is 10.8. The topological polar surface area (TPSA) is 45.2 Å². The summed E-state index contributed by atoms with van der Waals surface area (Å²) in [6.07, 6.45) is 14.8. The highest BCUT2D eigenvalue weighted by Crippen LogP contribution is 2.22. The molecule has 0 atom stereocenters. The summed E-state index contributed by atoms with van der Waals surface area (Å²) in [5.41, 5.74) is 1.72. The quantitative estimate of drug-likeness (QED) is 0.863. The largest absolute Gasteiger partial charge is 0.381 e. The lowest BCUT2D eigenvalue weighted by Crippen LogP contribution is -2.35. The van der Waals surface area contributed by atoms with E-state index in [1.54, 1.807) is 6.20 Å². The van der Waals surface area contributed by atoms with E-state index in [1.807, 2.05) is 17.2 Å². The molecule has 120 valence electrons. The molecular weight excluding hydrogens is 274 g/mol. The minimum atomic E-state index is 0.136. The Morgan fingerprint density at radius 1 is 1.00 bits per heavy atom. The second-order valence-corrected chi connectivity index (χ2v) is 6.65. The van der Waals surface area contributed by atoms with E-state index in [4.69, 9.17) is 0 Å². The van der Waals surface area contributed by atoms with E-state index in [0.717, 1.165) is 37.2 Å². The average molecular weight is 301 g/mol. The first-order valence-electron chi connectivity index (χ1n) is 8.84. The maximum Gasteiger partial charge on any atom is 0.255 e. The number of aromatic nitrogens is 1. The van der Waals surface area contributed by atoms with Crippen molar-refractivity contribution in [2.45, 2.75) is 63.8 Å². The lowest BCUT2D eigenvalue weighted by Gasteiger charge is -2.27. The summed E-state index contributed by atoms with van der Waals surface area (Å²) in [4.78, 5) is 18.8. The molecule has 1 aromatic rings. The predicted octanol–water partition coefficient (Wildman–Crippen LogP) is 3.84. The Labute approximate surface area is 133 Å². The molecule has 1 amide bonds. The van der Waals surface area contributed by atoms with Gasteiger partial charge in [-0.25, -0.2) is 0 Å². The number of anilines is 1. The van der Waals surface area contributed by atoms with Crippen LogP contribution in [0.5, 0.6) is 0 Å². The molecule has 22 heavy (non-hydrogen) atoms. The number of hydrogen-bond acceptors (Lipinski definition) is 3. The van der Waals surface area contributed by atoms with Crippen molar-refractivity contribution in [3.8, 4) is 0 Å². The fourth-order valence-corrected chi connectivity index (χ4v) is 3.57. The van der Waals surface area contributed by atoms with Gasteiger partial charge in [-0.1, -0.05) is 25.7 Å². The highest BCUT2D eigenvalue weighted by molar-refractivity contribution is 5.94. The maximum absolute atomic E-state index is 12.6. The molecule has 0 spiro atoms. The Morgan fingerprint density at radius 2 is 1.68 bits per heavy atom. The first kappa shape index (κ1) is 15.3. The number of hydrogen-bond donors (Lipinski definition) is 1. The highest BCUT2D eigenvalue weighted by atomic mass is 16.2. The van der Waals surface area contributed by atoms with Crippen LogP contribution in [0, 0.1) is 0 Å². The van der Waals surface area contributed by atoms with Crippen LogP contribution in [0.25, 0.3) is 0 Å². The fraction of sp³-hybridized carbons (Fsp3) is 0.667. The molecule has 2 aliphatic rings. The molecule has 4 nitrogen and oxygen atoms in total. The molecule has 1 aliphatic heterocycles. The van der Waals surface area contributed by atoms with E-state index in [0.29, 0.717) is 6.04 Å². The van der Waals surface area contributed by atoms with Gasteiger partial charge in [-0.15, -0.1) is 0 Å². The number of carbonyl (C=O) groups excluding carboxylic acids is 1. The molecule has 1 aliphatic carbocycles. The number of likely N-dealkylation sites (tertiary alicyclic amines) is 1. The van der Waals surface area contributed by atoms with Gasteiger partial charge in [0.05, 0.1) is 11.3 Å². The van der Waals surface area contributed by atoms with Crippen LogP contribution in [0.15, 0.2) is 18.5 Å². The van der Waals surface area contributed by atoms with Crippen molar-refractivity contribution in [3.63, 3.8) is 0 Å². The van der Waals surface area contributed by atoms with Gasteiger partial charge < -0.3 is 10.2 Å². The third kappa shape index (κ3) is 3.99. The van der Waals surface area contributed by atoms with Crippen molar-refractivity contribution < 1.29 is 4.79 Å². The van der Waals surface area contributed by atoms with Gasteiger partial charge in [-0.2, -0.15) is 0 Å². The summed E-state index contributed by atoms with van der Waals surface area (Å²) in [5.74, 6) is 0.136. The van der Waals surface area contributed by atoms with Crippen molar-refractivity contribution in [2.75, 3.05) is 18.4 Å². The summed E-state index contributed by atoms with van der Waals surface area (Å²) in [6.45, 7) is 1.78. The van der Waals surface area contributed by atoms with E-state index < -0.39 is 0 Å². The normalized spacial score (nSPS) is 20.5. The van der Waals surface area contributed by atoms with E-state index >= 15 is 0 Å². The van der Waals surface area contributed by atoms with Gasteiger partial charge in [-0.05, 0) is 38.2 Å². The standard InChI is InChI=1S/C18H27N3O/c22-18(21-10-6-3-7-11-21)15-12-17(14-19-13-15)20-16-8-4-1-2-5-9-16/h12-14,16,20H,1-11H2. The van der Waals surface area contributed by atoms with Crippen molar-refractivity contribution in [2.24, 2.45) is 0 Å². The van der Waals surface area contributed by atoms with Crippen LogP contribution in [0.1, 0.15) is 68.1 Å². The Hall–Kier alpha value is -1.58. The summed E-state index contributed by atoms with van der Waals surface area (Å²) in [5, 5.41) is 3.59. The second kappa shape index (κ2) is 7.61. The highest BCUT2D eigenvalue weighted by Gasteiger charge is 2.19. The zero-order valence-corrected chi connectivity index (χ0v) is 13.4. The zero-order chi connectivity index (χ0) is 15.2. The molecule has 4 heteroatoms. The average Bonchev–Trinajstić information content (AvgIpc) is 2.84. The van der Waals surface area contributed by atoms with Crippen LogP contribution in [0.3, 0.4) is 0 Å². The Balaban J connectivity index is 1.64. The second-order valence-electron chi connectivity index (χ2n) is 6.65. The van der Waals surface area contributed by atoms with Crippen LogP contribution in [-0.4, -0.2) is 34.9 Å². The fourth-order valence-electron chi connectivity index (χ4n) is 3.57. The Bertz CT molecular complexity index is 489. The lowest BCUT2D eigenvalue weighted by molar-refractivity contribution is 0.0724. The predicted molar refractivity (Wildman–Crippen MR) is 89.1 cm³/mol. The van der Waals surface area contributed by atoms with Gasteiger partial charge in [0.2, 0.25) is 0 Å². The van der Waals surface area contributed by atoms with Crippen LogP contribution in [-0.2, 0) is 0 Å². The molecule has 3 rings (SSSR count). The molecule has 2 heterocycles. The van der Waals surface area contributed by atoms with E-state index in [9.17, 15) is 4.79 Å². The third-order valence-corrected chi connectivity index (χ3v) is 4.85. The van der Waals surface area contributed by atoms with Crippen LogP contribution in [0.4, 0.5) is 5.69 Å².